The van der Waals surface area contributed by atoms with E-state index in [1.165, 1.54) is 12.3 Å². The minimum atomic E-state index is -3.32. The van der Waals surface area contributed by atoms with Crippen molar-refractivity contribution in [2.45, 2.75) is 45.7 Å². The molecule has 138 valence electrons. The van der Waals surface area contributed by atoms with Gasteiger partial charge in [-0.05, 0) is 26.3 Å². The third-order valence-corrected chi connectivity index (χ3v) is 5.82. The molecule has 0 bridgehead atoms. The van der Waals surface area contributed by atoms with Crippen LogP contribution >= 0.6 is 7.60 Å². The van der Waals surface area contributed by atoms with Crippen LogP contribution in [0.5, 0.6) is 0 Å². The van der Waals surface area contributed by atoms with Crippen LogP contribution in [0.25, 0.3) is 0 Å². The quantitative estimate of drug-likeness (QED) is 0.513. The predicted molar refractivity (Wildman–Crippen MR) is 90.7 cm³/mol. The summed E-state index contributed by atoms with van der Waals surface area (Å²) in [6, 6.07) is 1.47. The van der Waals surface area contributed by atoms with Gasteiger partial charge in [-0.15, -0.1) is 0 Å². The molecule has 0 fully saturated rings. The van der Waals surface area contributed by atoms with Crippen molar-refractivity contribution in [2.24, 2.45) is 0 Å². The molecule has 1 aromatic rings. The van der Waals surface area contributed by atoms with Gasteiger partial charge in [-0.3, -0.25) is 14.2 Å². The molecule has 0 spiro atoms. The summed E-state index contributed by atoms with van der Waals surface area (Å²) in [5.74, 6) is -0.236. The number of furan rings is 1. The fraction of sp³-hybridized carbons (Fsp3) is 0.529. The van der Waals surface area contributed by atoms with Crippen LogP contribution in [0.2, 0.25) is 0 Å². The summed E-state index contributed by atoms with van der Waals surface area (Å²) in [4.78, 5) is 24.2. The SMILES string of the molecule is CCOP(=O)(Cc1cc(C(=O)CC2=C(O)CCCC2=O)co1)OCC. The minimum Gasteiger partial charge on any atom is -0.512 e. The molecule has 1 aromatic heterocycles. The van der Waals surface area contributed by atoms with Crippen LogP contribution < -0.4 is 0 Å². The normalized spacial score (nSPS) is 15.7. The molecule has 1 N–H and O–H groups in total. The standard InChI is InChI=1S/C17H23O7P/c1-3-23-25(21,24-4-2)11-13-8-12(10-22-13)17(20)9-14-15(18)6-5-7-16(14)19/h8,10,18H,3-7,9,11H2,1-2H3. The van der Waals surface area contributed by atoms with Gasteiger partial charge in [-0.25, -0.2) is 0 Å². The molecule has 0 aromatic carbocycles. The lowest BCUT2D eigenvalue weighted by Gasteiger charge is -2.15. The Morgan fingerprint density at radius 1 is 1.28 bits per heavy atom. The first kappa shape index (κ1) is 19.6. The monoisotopic (exact) mass is 370 g/mol. The maximum atomic E-state index is 12.5. The van der Waals surface area contributed by atoms with E-state index in [4.69, 9.17) is 13.5 Å². The number of carbonyl (C=O) groups is 2. The average molecular weight is 370 g/mol. The number of aliphatic hydroxyl groups excluding tert-OH is 1. The van der Waals surface area contributed by atoms with Gasteiger partial charge in [0.1, 0.15) is 18.2 Å². The first-order valence-electron chi connectivity index (χ1n) is 8.31. The molecule has 1 aliphatic carbocycles. The second-order valence-electron chi connectivity index (χ2n) is 5.71. The molecule has 25 heavy (non-hydrogen) atoms. The number of carbonyl (C=O) groups excluding carboxylic acids is 2. The number of hydrogen-bond acceptors (Lipinski definition) is 7. The summed E-state index contributed by atoms with van der Waals surface area (Å²) in [5, 5.41) is 9.82. The van der Waals surface area contributed by atoms with E-state index in [1.807, 2.05) is 0 Å². The topological polar surface area (TPSA) is 103 Å². The largest absolute Gasteiger partial charge is 0.512 e. The lowest BCUT2D eigenvalue weighted by molar-refractivity contribution is -0.116. The molecule has 8 heteroatoms. The van der Waals surface area contributed by atoms with Crippen LogP contribution in [-0.2, 0) is 24.6 Å². The van der Waals surface area contributed by atoms with E-state index in [9.17, 15) is 19.3 Å². The Hall–Kier alpha value is -1.69. The molecule has 0 saturated heterocycles. The lowest BCUT2D eigenvalue weighted by Crippen LogP contribution is -2.15. The molecule has 2 rings (SSSR count). The zero-order valence-corrected chi connectivity index (χ0v) is 15.3. The van der Waals surface area contributed by atoms with E-state index in [-0.39, 0.29) is 54.3 Å². The molecule has 1 aliphatic rings. The second-order valence-corrected chi connectivity index (χ2v) is 7.76. The molecule has 7 nitrogen and oxygen atoms in total. The van der Waals surface area contributed by atoms with Crippen molar-refractivity contribution in [3.8, 4) is 0 Å². The fourth-order valence-electron chi connectivity index (χ4n) is 2.66. The van der Waals surface area contributed by atoms with Crippen molar-refractivity contribution in [3.63, 3.8) is 0 Å². The van der Waals surface area contributed by atoms with Gasteiger partial charge in [0.05, 0.1) is 24.5 Å². The highest BCUT2D eigenvalue weighted by Gasteiger charge is 2.28. The van der Waals surface area contributed by atoms with Crippen molar-refractivity contribution in [1.82, 2.24) is 0 Å². The van der Waals surface area contributed by atoms with Gasteiger partial charge in [0, 0.05) is 24.8 Å². The molecule has 1 heterocycles. The van der Waals surface area contributed by atoms with Gasteiger partial charge in [0.25, 0.3) is 0 Å². The molecule has 0 amide bonds. The summed E-state index contributed by atoms with van der Waals surface area (Å²) in [5.41, 5.74) is 0.432. The second kappa shape index (κ2) is 8.61. The van der Waals surface area contributed by atoms with Gasteiger partial charge in [-0.1, -0.05) is 0 Å². The number of hydrogen-bond donors (Lipinski definition) is 1. The maximum Gasteiger partial charge on any atom is 0.338 e. The summed E-state index contributed by atoms with van der Waals surface area (Å²) >= 11 is 0. The van der Waals surface area contributed by atoms with E-state index in [0.717, 1.165) is 0 Å². The minimum absolute atomic E-state index is 0.00879. The van der Waals surface area contributed by atoms with Gasteiger partial charge >= 0.3 is 7.60 Å². The molecule has 0 atom stereocenters. The fourth-order valence-corrected chi connectivity index (χ4v) is 4.26. The smallest absolute Gasteiger partial charge is 0.338 e. The Kier molecular flexibility index (Phi) is 6.76. The highest BCUT2D eigenvalue weighted by Crippen LogP contribution is 2.51. The molecule has 0 aliphatic heterocycles. The van der Waals surface area contributed by atoms with E-state index in [2.05, 4.69) is 0 Å². The highest BCUT2D eigenvalue weighted by atomic mass is 31.2. The summed E-state index contributed by atoms with van der Waals surface area (Å²) in [7, 11) is -3.32. The van der Waals surface area contributed by atoms with Crippen LogP contribution in [-0.4, -0.2) is 29.9 Å². The Morgan fingerprint density at radius 2 is 1.96 bits per heavy atom. The number of aliphatic hydroxyl groups is 1. The zero-order chi connectivity index (χ0) is 18.4. The van der Waals surface area contributed by atoms with Gasteiger partial charge in [0.15, 0.2) is 11.6 Å². The van der Waals surface area contributed by atoms with Crippen molar-refractivity contribution in [3.05, 3.63) is 35.0 Å². The van der Waals surface area contributed by atoms with Crippen molar-refractivity contribution in [1.29, 1.82) is 0 Å². The Labute approximate surface area is 146 Å². The highest BCUT2D eigenvalue weighted by molar-refractivity contribution is 7.53. The summed E-state index contributed by atoms with van der Waals surface area (Å²) < 4.78 is 28.2. The van der Waals surface area contributed by atoms with E-state index >= 15 is 0 Å². The number of allylic oxidation sites excluding steroid dienone is 2. The number of ketones is 2. The molecule has 0 unspecified atom stereocenters. The first-order chi connectivity index (χ1) is 11.9. The van der Waals surface area contributed by atoms with E-state index in [1.54, 1.807) is 13.8 Å². The molecular formula is C17H23O7P. The van der Waals surface area contributed by atoms with Crippen LogP contribution in [0.15, 0.2) is 28.1 Å². The van der Waals surface area contributed by atoms with Gasteiger partial charge in [-0.2, -0.15) is 0 Å². The Morgan fingerprint density at radius 3 is 2.56 bits per heavy atom. The summed E-state index contributed by atoms with van der Waals surface area (Å²) in [6.07, 6.45) is 2.37. The number of rotatable bonds is 9. The first-order valence-corrected chi connectivity index (χ1v) is 10.0. The zero-order valence-electron chi connectivity index (χ0n) is 14.4. The van der Waals surface area contributed by atoms with Crippen LogP contribution in [0.1, 0.15) is 55.6 Å². The third kappa shape index (κ3) is 5.14. The van der Waals surface area contributed by atoms with Gasteiger partial charge in [0.2, 0.25) is 0 Å². The van der Waals surface area contributed by atoms with Crippen LogP contribution in [0.3, 0.4) is 0 Å². The average Bonchev–Trinajstić information content (AvgIpc) is 2.99. The molecular weight excluding hydrogens is 347 g/mol. The maximum absolute atomic E-state index is 12.5. The van der Waals surface area contributed by atoms with Crippen LogP contribution in [0, 0.1) is 0 Å². The summed E-state index contributed by atoms with van der Waals surface area (Å²) in [6.45, 7) is 3.90. The lowest BCUT2D eigenvalue weighted by atomic mass is 9.91. The number of Topliss-reactive ketones (excluding diaryl/α,β-unsaturated/α-hetero) is 2. The molecule has 0 radical (unpaired) electrons. The Bertz CT molecular complexity index is 706. The van der Waals surface area contributed by atoms with E-state index < -0.39 is 7.60 Å². The van der Waals surface area contributed by atoms with Crippen molar-refractivity contribution < 1.29 is 32.7 Å². The van der Waals surface area contributed by atoms with Crippen molar-refractivity contribution in [2.75, 3.05) is 13.2 Å². The molecule has 0 saturated carbocycles. The van der Waals surface area contributed by atoms with Crippen LogP contribution in [0.4, 0.5) is 0 Å². The van der Waals surface area contributed by atoms with Gasteiger partial charge < -0.3 is 18.6 Å². The predicted octanol–water partition coefficient (Wildman–Crippen LogP) is 4.18. The van der Waals surface area contributed by atoms with E-state index in [0.29, 0.717) is 25.0 Å². The van der Waals surface area contributed by atoms with Crippen molar-refractivity contribution >= 4 is 19.2 Å². The Balaban J connectivity index is 2.08. The third-order valence-electron chi connectivity index (χ3n) is 3.82.